The molecule has 0 fully saturated rings. The average Bonchev–Trinajstić information content (AvgIpc) is 2.27. The maximum Gasteiger partial charge on any atom is 0.391 e. The topological polar surface area (TPSA) is 49.7 Å². The molecule has 0 spiro atoms. The Hall–Kier alpha value is -0.630. The molecule has 0 aliphatic carbocycles. The van der Waals surface area contributed by atoms with Crippen LogP contribution in [0.4, 0.5) is 0 Å². The second kappa shape index (κ2) is 6.95. The lowest BCUT2D eigenvalue weighted by molar-refractivity contribution is 0.372. The standard InChI is InChI=1S/C13H21O3P/c1-4-6-11-9-8-10(3)13(16-17(14)15)12(11)7-5-2/h8-9,14-15H,4-7H2,1-3H3. The Morgan fingerprint density at radius 1 is 1.12 bits per heavy atom. The molecule has 0 atom stereocenters. The molecular weight excluding hydrogens is 235 g/mol. The lowest BCUT2D eigenvalue weighted by Crippen LogP contribution is -2.00. The van der Waals surface area contributed by atoms with E-state index in [1.54, 1.807) is 0 Å². The molecule has 2 N–H and O–H groups in total. The van der Waals surface area contributed by atoms with Gasteiger partial charge in [0.2, 0.25) is 0 Å². The van der Waals surface area contributed by atoms with Gasteiger partial charge in [-0.1, -0.05) is 38.8 Å². The monoisotopic (exact) mass is 256 g/mol. The van der Waals surface area contributed by atoms with E-state index in [0.717, 1.165) is 36.8 Å². The Kier molecular flexibility index (Phi) is 5.90. The van der Waals surface area contributed by atoms with E-state index in [-0.39, 0.29) is 0 Å². The summed E-state index contributed by atoms with van der Waals surface area (Å²) in [6.45, 7) is 6.19. The average molecular weight is 256 g/mol. The SMILES string of the molecule is CCCc1ccc(C)c(OP(O)O)c1CCC. The summed E-state index contributed by atoms with van der Waals surface area (Å²) in [5, 5.41) is 0. The van der Waals surface area contributed by atoms with Gasteiger partial charge in [0.25, 0.3) is 0 Å². The van der Waals surface area contributed by atoms with Crippen molar-refractivity contribution in [3.63, 3.8) is 0 Å². The molecule has 0 aliphatic heterocycles. The molecule has 96 valence electrons. The number of aryl methyl sites for hydroxylation is 2. The van der Waals surface area contributed by atoms with Crippen molar-refractivity contribution in [1.29, 1.82) is 0 Å². The fourth-order valence-electron chi connectivity index (χ4n) is 2.02. The van der Waals surface area contributed by atoms with Gasteiger partial charge >= 0.3 is 8.60 Å². The van der Waals surface area contributed by atoms with Crippen molar-refractivity contribution in [1.82, 2.24) is 0 Å². The van der Waals surface area contributed by atoms with Crippen LogP contribution in [0.1, 0.15) is 43.4 Å². The van der Waals surface area contributed by atoms with E-state index in [1.807, 2.05) is 13.0 Å². The minimum atomic E-state index is -2.34. The van der Waals surface area contributed by atoms with E-state index in [4.69, 9.17) is 14.3 Å². The highest BCUT2D eigenvalue weighted by molar-refractivity contribution is 7.39. The molecule has 0 bridgehead atoms. The van der Waals surface area contributed by atoms with Crippen molar-refractivity contribution in [2.45, 2.75) is 46.5 Å². The quantitative estimate of drug-likeness (QED) is 0.766. The highest BCUT2D eigenvalue weighted by Crippen LogP contribution is 2.37. The van der Waals surface area contributed by atoms with Crippen molar-refractivity contribution < 1.29 is 14.3 Å². The molecule has 0 radical (unpaired) electrons. The van der Waals surface area contributed by atoms with E-state index in [1.165, 1.54) is 5.56 Å². The molecule has 0 saturated carbocycles. The zero-order chi connectivity index (χ0) is 12.8. The molecule has 0 aromatic heterocycles. The van der Waals surface area contributed by atoms with Crippen molar-refractivity contribution >= 4 is 8.60 Å². The number of benzene rings is 1. The maximum atomic E-state index is 9.04. The van der Waals surface area contributed by atoms with Crippen LogP contribution in [0.2, 0.25) is 0 Å². The number of hydrogen-bond acceptors (Lipinski definition) is 3. The highest BCUT2D eigenvalue weighted by atomic mass is 31.2. The summed E-state index contributed by atoms with van der Waals surface area (Å²) in [7, 11) is -2.34. The van der Waals surface area contributed by atoms with Crippen LogP contribution in [0.25, 0.3) is 0 Å². The summed E-state index contributed by atoms with van der Waals surface area (Å²) in [6, 6.07) is 4.10. The molecular formula is C13H21O3P. The lowest BCUT2D eigenvalue weighted by atomic mass is 9.96. The van der Waals surface area contributed by atoms with Crippen molar-refractivity contribution in [3.05, 3.63) is 28.8 Å². The first-order chi connectivity index (χ1) is 8.10. The van der Waals surface area contributed by atoms with E-state index in [9.17, 15) is 0 Å². The van der Waals surface area contributed by atoms with E-state index in [0.29, 0.717) is 5.75 Å². The van der Waals surface area contributed by atoms with Crippen LogP contribution >= 0.6 is 8.60 Å². The normalized spacial score (nSPS) is 10.9. The number of rotatable bonds is 6. The van der Waals surface area contributed by atoms with Gasteiger partial charge in [-0.25, -0.2) is 0 Å². The van der Waals surface area contributed by atoms with E-state index < -0.39 is 8.60 Å². The third-order valence-electron chi connectivity index (χ3n) is 2.75. The van der Waals surface area contributed by atoms with E-state index in [2.05, 4.69) is 19.9 Å². The minimum Gasteiger partial charge on any atom is -0.426 e. The molecule has 3 nitrogen and oxygen atoms in total. The Labute approximate surface area is 104 Å². The molecule has 17 heavy (non-hydrogen) atoms. The van der Waals surface area contributed by atoms with Crippen LogP contribution in [0, 0.1) is 6.92 Å². The Balaban J connectivity index is 3.16. The summed E-state index contributed by atoms with van der Waals surface area (Å²) in [6.07, 6.45) is 4.01. The molecule has 0 unspecified atom stereocenters. The Bertz CT molecular complexity index is 364. The van der Waals surface area contributed by atoms with Crippen LogP contribution in [0.3, 0.4) is 0 Å². The van der Waals surface area contributed by atoms with Crippen LogP contribution < -0.4 is 4.52 Å². The molecule has 0 heterocycles. The first kappa shape index (κ1) is 14.4. The van der Waals surface area contributed by atoms with Crippen LogP contribution in [0.15, 0.2) is 12.1 Å². The van der Waals surface area contributed by atoms with Gasteiger partial charge in [0.05, 0.1) is 0 Å². The zero-order valence-corrected chi connectivity index (χ0v) is 11.6. The van der Waals surface area contributed by atoms with Gasteiger partial charge in [-0.3, -0.25) is 0 Å². The fourth-order valence-corrected chi connectivity index (χ4v) is 2.44. The van der Waals surface area contributed by atoms with Crippen LogP contribution in [-0.2, 0) is 12.8 Å². The summed E-state index contributed by atoms with van der Waals surface area (Å²) >= 11 is 0. The second-order valence-corrected chi connectivity index (χ2v) is 4.88. The molecule has 4 heteroatoms. The van der Waals surface area contributed by atoms with Gasteiger partial charge in [0, 0.05) is 0 Å². The summed E-state index contributed by atoms with van der Waals surface area (Å²) in [5.74, 6) is 0.661. The Morgan fingerprint density at radius 2 is 1.76 bits per heavy atom. The lowest BCUT2D eigenvalue weighted by Gasteiger charge is -2.17. The van der Waals surface area contributed by atoms with Gasteiger partial charge in [-0.15, -0.1) is 0 Å². The van der Waals surface area contributed by atoms with Crippen molar-refractivity contribution in [3.8, 4) is 5.75 Å². The van der Waals surface area contributed by atoms with Crippen LogP contribution in [0.5, 0.6) is 5.75 Å². The summed E-state index contributed by atoms with van der Waals surface area (Å²) < 4.78 is 5.19. The molecule has 1 rings (SSSR count). The molecule has 0 amide bonds. The fraction of sp³-hybridized carbons (Fsp3) is 0.538. The first-order valence-corrected chi connectivity index (χ1v) is 7.23. The predicted molar refractivity (Wildman–Crippen MR) is 71.2 cm³/mol. The van der Waals surface area contributed by atoms with Gasteiger partial charge in [-0.05, 0) is 36.5 Å². The second-order valence-electron chi connectivity index (χ2n) is 4.19. The molecule has 0 saturated heterocycles. The largest absolute Gasteiger partial charge is 0.426 e. The van der Waals surface area contributed by atoms with Crippen LogP contribution in [-0.4, -0.2) is 9.79 Å². The zero-order valence-electron chi connectivity index (χ0n) is 10.7. The smallest absolute Gasteiger partial charge is 0.391 e. The van der Waals surface area contributed by atoms with Gasteiger partial charge in [0.1, 0.15) is 5.75 Å². The van der Waals surface area contributed by atoms with Gasteiger partial charge in [-0.2, -0.15) is 0 Å². The minimum absolute atomic E-state index is 0.661. The summed E-state index contributed by atoms with van der Waals surface area (Å²) in [5.41, 5.74) is 3.35. The molecule has 1 aromatic carbocycles. The molecule has 0 aliphatic rings. The van der Waals surface area contributed by atoms with Gasteiger partial charge < -0.3 is 14.3 Å². The van der Waals surface area contributed by atoms with Crippen molar-refractivity contribution in [2.75, 3.05) is 0 Å². The third-order valence-corrected chi connectivity index (χ3v) is 3.09. The van der Waals surface area contributed by atoms with Gasteiger partial charge in [0.15, 0.2) is 0 Å². The van der Waals surface area contributed by atoms with E-state index >= 15 is 0 Å². The predicted octanol–water partition coefficient (Wildman–Crippen LogP) is 3.49. The number of hydrogen-bond donors (Lipinski definition) is 2. The highest BCUT2D eigenvalue weighted by Gasteiger charge is 2.14. The summed E-state index contributed by atoms with van der Waals surface area (Å²) in [4.78, 5) is 18.1. The maximum absolute atomic E-state index is 9.04. The van der Waals surface area contributed by atoms with Crippen molar-refractivity contribution in [2.24, 2.45) is 0 Å². The Morgan fingerprint density at radius 3 is 2.29 bits per heavy atom. The first-order valence-electron chi connectivity index (χ1n) is 6.07. The molecule has 1 aromatic rings. The third kappa shape index (κ3) is 3.95.